The summed E-state index contributed by atoms with van der Waals surface area (Å²) >= 11 is 0. The lowest BCUT2D eigenvalue weighted by atomic mass is 10.0. The Morgan fingerprint density at radius 3 is 2.17 bits per heavy atom. The Balaban J connectivity index is 1.76. The number of aryl methyl sites for hydroxylation is 2. The van der Waals surface area contributed by atoms with Crippen LogP contribution in [0.1, 0.15) is 43.2 Å². The molecule has 18 heavy (non-hydrogen) atoms. The minimum Gasteiger partial charge on any atom is -0.378 e. The van der Waals surface area contributed by atoms with Crippen molar-refractivity contribution in [1.82, 2.24) is 0 Å². The fourth-order valence-corrected chi connectivity index (χ4v) is 2.41. The zero-order chi connectivity index (χ0) is 12.8. The van der Waals surface area contributed by atoms with Crippen molar-refractivity contribution in [3.63, 3.8) is 0 Å². The van der Waals surface area contributed by atoms with Gasteiger partial charge >= 0.3 is 0 Å². The van der Waals surface area contributed by atoms with E-state index in [2.05, 4.69) is 24.3 Å². The molecule has 2 N–H and O–H groups in total. The molecular formula is C16H25NO. The van der Waals surface area contributed by atoms with E-state index >= 15 is 0 Å². The highest BCUT2D eigenvalue weighted by Gasteiger charge is 2.42. The number of hydrogen-bond donors (Lipinski definition) is 1. The second kappa shape index (κ2) is 6.35. The number of benzene rings is 1. The minimum absolute atomic E-state index is 0.222. The quantitative estimate of drug-likeness (QED) is 0.716. The molecule has 0 unspecified atom stereocenters. The van der Waals surface area contributed by atoms with Crippen LogP contribution < -0.4 is 5.73 Å². The molecule has 0 aromatic heterocycles. The van der Waals surface area contributed by atoms with Crippen molar-refractivity contribution in [1.29, 1.82) is 0 Å². The van der Waals surface area contributed by atoms with Gasteiger partial charge in [0.2, 0.25) is 0 Å². The molecule has 0 bridgehead atoms. The van der Waals surface area contributed by atoms with Gasteiger partial charge in [-0.1, -0.05) is 24.3 Å². The van der Waals surface area contributed by atoms with E-state index in [9.17, 15) is 0 Å². The van der Waals surface area contributed by atoms with Crippen LogP contribution in [0, 0.1) is 0 Å². The molecule has 1 saturated carbocycles. The Labute approximate surface area is 111 Å². The van der Waals surface area contributed by atoms with E-state index in [0.29, 0.717) is 0 Å². The fraction of sp³-hybridized carbons (Fsp3) is 0.625. The number of methoxy groups -OCH3 is 1. The standard InChI is InChI=1S/C16H25NO/c1-18-16(11-12-16)10-9-15-7-5-14(6-8-15)4-2-3-13-17/h5-8H,2-4,9-13,17H2,1H3. The lowest BCUT2D eigenvalue weighted by molar-refractivity contribution is 0.0731. The van der Waals surface area contributed by atoms with Crippen LogP contribution in [-0.4, -0.2) is 19.3 Å². The van der Waals surface area contributed by atoms with Crippen LogP contribution in [0.2, 0.25) is 0 Å². The summed E-state index contributed by atoms with van der Waals surface area (Å²) in [6.07, 6.45) is 8.24. The monoisotopic (exact) mass is 247 g/mol. The van der Waals surface area contributed by atoms with Crippen LogP contribution in [-0.2, 0) is 17.6 Å². The van der Waals surface area contributed by atoms with Crippen LogP contribution in [0.25, 0.3) is 0 Å². The van der Waals surface area contributed by atoms with Gasteiger partial charge in [0.25, 0.3) is 0 Å². The van der Waals surface area contributed by atoms with Crippen molar-refractivity contribution in [3.05, 3.63) is 35.4 Å². The maximum absolute atomic E-state index is 5.55. The predicted octanol–water partition coefficient (Wildman–Crippen LogP) is 3.08. The second-order valence-corrected chi connectivity index (χ2v) is 5.45. The largest absolute Gasteiger partial charge is 0.378 e. The summed E-state index contributed by atoms with van der Waals surface area (Å²) in [7, 11) is 1.84. The molecule has 1 aromatic rings. The maximum Gasteiger partial charge on any atom is 0.0684 e. The molecule has 0 heterocycles. The van der Waals surface area contributed by atoms with Crippen molar-refractivity contribution < 1.29 is 4.74 Å². The van der Waals surface area contributed by atoms with Crippen molar-refractivity contribution in [2.24, 2.45) is 5.73 Å². The van der Waals surface area contributed by atoms with Crippen LogP contribution in [0.5, 0.6) is 0 Å². The smallest absolute Gasteiger partial charge is 0.0684 e. The fourth-order valence-electron chi connectivity index (χ4n) is 2.41. The van der Waals surface area contributed by atoms with Crippen molar-refractivity contribution >= 4 is 0 Å². The summed E-state index contributed by atoms with van der Waals surface area (Å²) in [6, 6.07) is 9.06. The molecule has 0 amide bonds. The Hall–Kier alpha value is -0.860. The van der Waals surface area contributed by atoms with Gasteiger partial charge in [0.05, 0.1) is 5.60 Å². The number of nitrogens with two attached hydrogens (primary N) is 1. The van der Waals surface area contributed by atoms with Crippen molar-refractivity contribution in [2.45, 2.75) is 50.5 Å². The molecule has 1 aromatic carbocycles. The van der Waals surface area contributed by atoms with E-state index in [-0.39, 0.29) is 5.60 Å². The summed E-state index contributed by atoms with van der Waals surface area (Å²) < 4.78 is 5.55. The van der Waals surface area contributed by atoms with Crippen LogP contribution >= 0.6 is 0 Å². The lowest BCUT2D eigenvalue weighted by Gasteiger charge is -2.12. The summed E-state index contributed by atoms with van der Waals surface area (Å²) in [6.45, 7) is 0.803. The third kappa shape index (κ3) is 3.82. The lowest BCUT2D eigenvalue weighted by Crippen LogP contribution is -2.12. The molecule has 2 rings (SSSR count). The Morgan fingerprint density at radius 2 is 1.67 bits per heavy atom. The first-order chi connectivity index (χ1) is 8.78. The predicted molar refractivity (Wildman–Crippen MR) is 75.7 cm³/mol. The Kier molecular flexibility index (Phi) is 4.79. The van der Waals surface area contributed by atoms with Gasteiger partial charge in [0.15, 0.2) is 0 Å². The first kappa shape index (κ1) is 13.6. The normalized spacial score (nSPS) is 16.8. The SMILES string of the molecule is COC1(CCc2ccc(CCCCN)cc2)CC1. The molecule has 100 valence electrons. The second-order valence-electron chi connectivity index (χ2n) is 5.45. The highest BCUT2D eigenvalue weighted by atomic mass is 16.5. The molecule has 2 nitrogen and oxygen atoms in total. The first-order valence-corrected chi connectivity index (χ1v) is 7.11. The Bertz CT molecular complexity index is 354. The van der Waals surface area contributed by atoms with Crippen molar-refractivity contribution in [2.75, 3.05) is 13.7 Å². The molecular weight excluding hydrogens is 222 g/mol. The topological polar surface area (TPSA) is 35.2 Å². The molecule has 0 saturated heterocycles. The average Bonchev–Trinajstić information content (AvgIpc) is 3.19. The van der Waals surface area contributed by atoms with Gasteiger partial charge in [0.1, 0.15) is 0 Å². The van der Waals surface area contributed by atoms with E-state index in [0.717, 1.165) is 32.2 Å². The van der Waals surface area contributed by atoms with E-state index in [4.69, 9.17) is 10.5 Å². The number of ether oxygens (including phenoxy) is 1. The molecule has 0 spiro atoms. The number of unbranched alkanes of at least 4 members (excludes halogenated alkanes) is 1. The van der Waals surface area contributed by atoms with E-state index in [1.54, 1.807) is 0 Å². The van der Waals surface area contributed by atoms with Crippen LogP contribution in [0.3, 0.4) is 0 Å². The summed E-state index contributed by atoms with van der Waals surface area (Å²) in [5.74, 6) is 0. The maximum atomic E-state index is 5.55. The van der Waals surface area contributed by atoms with Crippen LogP contribution in [0.15, 0.2) is 24.3 Å². The van der Waals surface area contributed by atoms with E-state index < -0.39 is 0 Å². The van der Waals surface area contributed by atoms with E-state index in [1.165, 1.54) is 30.4 Å². The Morgan fingerprint density at radius 1 is 1.06 bits per heavy atom. The van der Waals surface area contributed by atoms with E-state index in [1.807, 2.05) is 7.11 Å². The van der Waals surface area contributed by atoms with Gasteiger partial charge < -0.3 is 10.5 Å². The molecule has 2 heteroatoms. The highest BCUT2D eigenvalue weighted by Crippen LogP contribution is 2.42. The zero-order valence-corrected chi connectivity index (χ0v) is 11.5. The molecule has 1 aliphatic carbocycles. The summed E-state index contributed by atoms with van der Waals surface area (Å²) in [5.41, 5.74) is 8.59. The average molecular weight is 247 g/mol. The minimum atomic E-state index is 0.222. The van der Waals surface area contributed by atoms with Gasteiger partial charge in [-0.15, -0.1) is 0 Å². The van der Waals surface area contributed by atoms with Gasteiger partial charge in [-0.25, -0.2) is 0 Å². The van der Waals surface area contributed by atoms with Crippen LogP contribution in [0.4, 0.5) is 0 Å². The molecule has 1 fully saturated rings. The van der Waals surface area contributed by atoms with Gasteiger partial charge in [-0.05, 0) is 62.6 Å². The number of hydrogen-bond acceptors (Lipinski definition) is 2. The highest BCUT2D eigenvalue weighted by molar-refractivity contribution is 5.23. The first-order valence-electron chi connectivity index (χ1n) is 7.11. The molecule has 0 radical (unpaired) electrons. The third-order valence-corrected chi connectivity index (χ3v) is 4.05. The molecule has 0 aliphatic heterocycles. The van der Waals surface area contributed by atoms with Gasteiger partial charge in [0, 0.05) is 7.11 Å². The third-order valence-electron chi connectivity index (χ3n) is 4.05. The molecule has 0 atom stereocenters. The number of rotatable bonds is 8. The summed E-state index contributed by atoms with van der Waals surface area (Å²) in [5, 5.41) is 0. The van der Waals surface area contributed by atoms with Gasteiger partial charge in [-0.2, -0.15) is 0 Å². The van der Waals surface area contributed by atoms with Crippen molar-refractivity contribution in [3.8, 4) is 0 Å². The summed E-state index contributed by atoms with van der Waals surface area (Å²) in [4.78, 5) is 0. The zero-order valence-electron chi connectivity index (χ0n) is 11.5. The molecule has 1 aliphatic rings. The van der Waals surface area contributed by atoms with Gasteiger partial charge in [-0.3, -0.25) is 0 Å².